The molecule has 4 amide bonds. The monoisotopic (exact) mass is 1060 g/mol. The smallest absolute Gasteiger partial charge is 0.407 e. The van der Waals surface area contributed by atoms with E-state index in [-0.39, 0.29) is 66.2 Å². The Bertz CT molecular complexity index is 3210. The second-order valence-electron chi connectivity index (χ2n) is 23.0. The molecule has 2 aliphatic carbocycles. The summed E-state index contributed by atoms with van der Waals surface area (Å²) in [5.41, 5.74) is 6.65. The second-order valence-corrected chi connectivity index (χ2v) is 23.0. The highest BCUT2D eigenvalue weighted by molar-refractivity contribution is 5.87. The Morgan fingerprint density at radius 3 is 1.76 bits per heavy atom. The molecule has 2 saturated carbocycles. The number of hydrogen-bond donors (Lipinski definition) is 4. The van der Waals surface area contributed by atoms with Crippen LogP contribution in [0.2, 0.25) is 0 Å². The highest BCUT2D eigenvalue weighted by Crippen LogP contribution is 2.52. The summed E-state index contributed by atoms with van der Waals surface area (Å²) in [7, 11) is 2.57. The van der Waals surface area contributed by atoms with Crippen LogP contribution < -0.4 is 20.4 Å². The van der Waals surface area contributed by atoms with Crippen molar-refractivity contribution >= 4 is 57.4 Å². The molecule has 0 spiro atoms. The van der Waals surface area contributed by atoms with Gasteiger partial charge in [0.25, 0.3) is 0 Å². The third kappa shape index (κ3) is 9.45. The van der Waals surface area contributed by atoms with Gasteiger partial charge in [0.05, 0.1) is 60.5 Å². The van der Waals surface area contributed by atoms with Gasteiger partial charge in [-0.05, 0) is 141 Å². The van der Waals surface area contributed by atoms with Gasteiger partial charge in [0.1, 0.15) is 29.9 Å². The van der Waals surface area contributed by atoms with Crippen molar-refractivity contribution in [3.63, 3.8) is 0 Å². The van der Waals surface area contributed by atoms with Crippen LogP contribution in [0.25, 0.3) is 22.1 Å². The number of aromatic amines is 2. The quantitative estimate of drug-likeness (QED) is 0.0921. The molecule has 9 atom stereocenters. The van der Waals surface area contributed by atoms with E-state index in [1.165, 1.54) is 31.9 Å². The SMILES string of the molecule is COC(=O)NCC(=O)N1[C@H](c2nc3cc([C@H]4CC[C@H](c5ccc6[nH]c([C@@H]7C[C@@H]8CCC[C@@H]8N7C(=O)C(NC(=O)OC)C(C)C)nc6c5)N4c4cc(F)c(N5CCC(c6ccccc6)CC5)c(F)c4)ccc3[nH]2)C[C@@H]2CCC[C@@H]21. The predicted molar refractivity (Wildman–Crippen MR) is 292 cm³/mol. The van der Waals surface area contributed by atoms with E-state index in [1.807, 2.05) is 58.9 Å². The van der Waals surface area contributed by atoms with Gasteiger partial charge in [0.2, 0.25) is 11.8 Å². The number of anilines is 2. The topological polar surface area (TPSA) is 181 Å². The summed E-state index contributed by atoms with van der Waals surface area (Å²) >= 11 is 0. The van der Waals surface area contributed by atoms with Crippen molar-refractivity contribution in [1.82, 2.24) is 40.4 Å². The summed E-state index contributed by atoms with van der Waals surface area (Å²) in [6.45, 7) is 4.74. The van der Waals surface area contributed by atoms with Crippen molar-refractivity contribution in [2.75, 3.05) is 43.7 Å². The molecule has 6 fully saturated rings. The summed E-state index contributed by atoms with van der Waals surface area (Å²) in [5.74, 6) is 0.672. The van der Waals surface area contributed by atoms with Gasteiger partial charge in [-0.25, -0.2) is 28.3 Å². The first-order chi connectivity index (χ1) is 37.8. The highest BCUT2D eigenvalue weighted by atomic mass is 19.1. The Balaban J connectivity index is 0.871. The molecule has 4 aliphatic heterocycles. The standard InChI is InChI=1S/C60H70F2N10O6/c1-33(2)54(68-60(76)78-4)58(74)72-48-15-9-13-37(48)29-52(72)57-65-44-19-17-39(27-46(44)67-57)50-21-20-49(70(50)40-30-41(61)55(42(62)31-40)69-24-22-35(23-25-69)34-10-6-5-7-11-34)38-16-18-43-45(26-38)66-56(64-43)51-28-36-12-8-14-47(36)71(51)53(73)32-63-59(75)77-3/h5-7,10-11,16-19,26-27,30-31,33,35-37,47-52,54H,8-9,12-15,20-25,28-29,32H2,1-4H3,(H,63,75)(H,64,66)(H,65,67)(H,68,76)/t36-,37-,47-,48-,49+,50+,51-,52-,54?/m0/s1. The van der Waals surface area contributed by atoms with Crippen LogP contribution in [0.3, 0.4) is 0 Å². The van der Waals surface area contributed by atoms with E-state index in [0.29, 0.717) is 61.0 Å². The fourth-order valence-corrected chi connectivity index (χ4v) is 14.7. The van der Waals surface area contributed by atoms with E-state index < -0.39 is 29.9 Å². The Hall–Kier alpha value is -7.24. The molecule has 6 aliphatic rings. The number of nitrogens with one attached hydrogen (secondary N) is 4. The Labute approximate surface area is 453 Å². The van der Waals surface area contributed by atoms with Crippen LogP contribution in [-0.4, -0.2) is 106 Å². The molecule has 78 heavy (non-hydrogen) atoms. The number of fused-ring (bicyclic) bond motifs is 4. The summed E-state index contributed by atoms with van der Waals surface area (Å²) < 4.78 is 43.5. The number of H-pyrrole nitrogens is 2. The van der Waals surface area contributed by atoms with Crippen molar-refractivity contribution in [2.24, 2.45) is 17.8 Å². The molecule has 12 rings (SSSR count). The molecule has 6 heterocycles. The molecule has 6 aromatic rings. The fraction of sp³-hybridized carbons (Fsp3) is 0.500. The molecule has 410 valence electrons. The van der Waals surface area contributed by atoms with Gasteiger partial charge in [-0.15, -0.1) is 0 Å². The predicted octanol–water partition coefficient (Wildman–Crippen LogP) is 10.8. The number of carbonyl (C=O) groups excluding carboxylic acids is 4. The molecule has 18 heteroatoms. The lowest BCUT2D eigenvalue weighted by atomic mass is 9.89. The number of benzene rings is 4. The van der Waals surface area contributed by atoms with Crippen molar-refractivity contribution < 1.29 is 37.4 Å². The molecule has 2 aromatic heterocycles. The van der Waals surface area contributed by atoms with Crippen molar-refractivity contribution in [1.29, 1.82) is 0 Å². The second kappa shape index (κ2) is 21.2. The minimum absolute atomic E-state index is 0.00234. The number of likely N-dealkylation sites (tertiary alicyclic amines) is 2. The minimum Gasteiger partial charge on any atom is -0.453 e. The van der Waals surface area contributed by atoms with E-state index in [4.69, 9.17) is 19.4 Å². The minimum atomic E-state index is -0.765. The zero-order chi connectivity index (χ0) is 53.9. The number of aromatic nitrogens is 4. The van der Waals surface area contributed by atoms with E-state index in [0.717, 1.165) is 97.4 Å². The summed E-state index contributed by atoms with van der Waals surface area (Å²) in [4.78, 5) is 78.1. The summed E-state index contributed by atoms with van der Waals surface area (Å²) in [6.07, 6.45) is 9.07. The van der Waals surface area contributed by atoms with E-state index in [1.54, 1.807) is 0 Å². The van der Waals surface area contributed by atoms with Gasteiger partial charge in [0.15, 0.2) is 11.6 Å². The maximum Gasteiger partial charge on any atom is 0.407 e. The molecule has 0 radical (unpaired) electrons. The van der Waals surface area contributed by atoms with Crippen molar-refractivity contribution in [3.8, 4) is 0 Å². The van der Waals surface area contributed by atoms with Gasteiger partial charge in [0, 0.05) is 30.9 Å². The van der Waals surface area contributed by atoms with E-state index >= 15 is 8.78 Å². The highest BCUT2D eigenvalue weighted by Gasteiger charge is 2.50. The Kier molecular flexibility index (Phi) is 14.0. The number of amides is 4. The van der Waals surface area contributed by atoms with Crippen LogP contribution >= 0.6 is 0 Å². The number of methoxy groups -OCH3 is 2. The number of rotatable bonds is 12. The molecular formula is C60H70F2N10O6. The number of carbonyl (C=O) groups is 4. The number of nitrogens with zero attached hydrogens (tertiary/aromatic N) is 6. The number of alkyl carbamates (subject to hydrolysis) is 2. The van der Waals surface area contributed by atoms with Crippen LogP contribution in [0, 0.1) is 29.4 Å². The molecular weight excluding hydrogens is 995 g/mol. The lowest BCUT2D eigenvalue weighted by Crippen LogP contribution is -2.53. The van der Waals surface area contributed by atoms with Crippen LogP contribution in [-0.2, 0) is 19.1 Å². The molecule has 4 N–H and O–H groups in total. The zero-order valence-corrected chi connectivity index (χ0v) is 44.9. The maximum absolute atomic E-state index is 16.9. The number of hydrogen-bond acceptors (Lipinski definition) is 10. The average molecular weight is 1070 g/mol. The third-order valence-corrected chi connectivity index (χ3v) is 18.4. The van der Waals surface area contributed by atoms with Crippen LogP contribution in [0.5, 0.6) is 0 Å². The Morgan fingerprint density at radius 1 is 0.654 bits per heavy atom. The number of ether oxygens (including phenoxy) is 2. The average Bonchev–Trinajstić information content (AvgIpc) is 4.49. The van der Waals surface area contributed by atoms with Crippen LogP contribution in [0.15, 0.2) is 78.9 Å². The van der Waals surface area contributed by atoms with Gasteiger partial charge in [-0.3, -0.25) is 9.59 Å². The number of imidazole rings is 2. The van der Waals surface area contributed by atoms with Crippen molar-refractivity contribution in [3.05, 3.63) is 119 Å². The molecule has 1 unspecified atom stereocenters. The molecule has 4 aromatic carbocycles. The molecule has 16 nitrogen and oxygen atoms in total. The van der Waals surface area contributed by atoms with E-state index in [2.05, 4.69) is 61.9 Å². The van der Waals surface area contributed by atoms with E-state index in [9.17, 15) is 19.2 Å². The first-order valence-electron chi connectivity index (χ1n) is 28.2. The Morgan fingerprint density at radius 2 is 1.21 bits per heavy atom. The summed E-state index contributed by atoms with van der Waals surface area (Å²) in [6, 6.07) is 23.8. The first-order valence-corrected chi connectivity index (χ1v) is 28.2. The molecule has 0 bridgehead atoms. The lowest BCUT2D eigenvalue weighted by molar-refractivity contribution is -0.138. The fourth-order valence-electron chi connectivity index (χ4n) is 14.7. The van der Waals surface area contributed by atoms with Gasteiger partial charge in [-0.2, -0.15) is 0 Å². The molecule has 4 saturated heterocycles. The lowest BCUT2D eigenvalue weighted by Gasteiger charge is -2.36. The first kappa shape index (κ1) is 51.5. The summed E-state index contributed by atoms with van der Waals surface area (Å²) in [5, 5.41) is 5.37. The van der Waals surface area contributed by atoms with Crippen LogP contribution in [0.1, 0.15) is 149 Å². The number of halogens is 2. The van der Waals surface area contributed by atoms with Crippen LogP contribution in [0.4, 0.5) is 29.7 Å². The van der Waals surface area contributed by atoms with Gasteiger partial charge < -0.3 is 49.7 Å². The third-order valence-electron chi connectivity index (χ3n) is 18.4. The maximum atomic E-state index is 16.9. The van der Waals surface area contributed by atoms with Crippen molar-refractivity contribution in [2.45, 2.75) is 139 Å². The normalized spacial score (nSPS) is 25.5. The largest absolute Gasteiger partial charge is 0.453 e. The van der Waals surface area contributed by atoms with Gasteiger partial charge >= 0.3 is 12.2 Å². The zero-order valence-electron chi connectivity index (χ0n) is 44.9. The van der Waals surface area contributed by atoms with Gasteiger partial charge in [-0.1, -0.05) is 69.2 Å². The number of piperidine rings is 1.